The maximum absolute atomic E-state index is 5.76. The molecular weight excluding hydrogens is 178 g/mol. The molecule has 0 spiro atoms. The molecule has 0 aromatic heterocycles. The molecule has 0 aromatic rings. The first-order valence-corrected chi connectivity index (χ1v) is 4.66. The second-order valence-electron chi connectivity index (χ2n) is 2.58. The molecule has 0 aromatic carbocycles. The van der Waals surface area contributed by atoms with E-state index in [0.29, 0.717) is 12.0 Å². The van der Waals surface area contributed by atoms with Gasteiger partial charge in [-0.1, -0.05) is 36.2 Å². The molecule has 2 atom stereocenters. The van der Waals surface area contributed by atoms with Gasteiger partial charge in [-0.15, -0.1) is 0 Å². The standard InChI is InChI=1S/C7H16BrN/c1-3-4-6(2)7(9)5-8/h6-7H,3-5,9H2,1-2H3/t6?,7-/m1/s1. The van der Waals surface area contributed by atoms with Crippen LogP contribution in [0.5, 0.6) is 0 Å². The van der Waals surface area contributed by atoms with Crippen molar-refractivity contribution < 1.29 is 0 Å². The molecule has 0 saturated heterocycles. The number of hydrogen-bond donors (Lipinski definition) is 1. The van der Waals surface area contributed by atoms with Gasteiger partial charge in [0.05, 0.1) is 0 Å². The Morgan fingerprint density at radius 1 is 1.56 bits per heavy atom. The van der Waals surface area contributed by atoms with Gasteiger partial charge in [0.1, 0.15) is 0 Å². The van der Waals surface area contributed by atoms with Gasteiger partial charge in [0.2, 0.25) is 0 Å². The Kier molecular flexibility index (Phi) is 5.50. The molecular formula is C7H16BrN. The van der Waals surface area contributed by atoms with Crippen molar-refractivity contribution in [3.05, 3.63) is 0 Å². The van der Waals surface area contributed by atoms with Crippen molar-refractivity contribution in [3.8, 4) is 0 Å². The topological polar surface area (TPSA) is 26.0 Å². The first-order valence-electron chi connectivity index (χ1n) is 3.53. The van der Waals surface area contributed by atoms with Gasteiger partial charge in [0, 0.05) is 11.4 Å². The molecule has 0 aliphatic rings. The summed E-state index contributed by atoms with van der Waals surface area (Å²) < 4.78 is 0. The molecule has 56 valence electrons. The minimum atomic E-state index is 0.338. The van der Waals surface area contributed by atoms with Crippen LogP contribution in [-0.2, 0) is 0 Å². The fraction of sp³-hybridized carbons (Fsp3) is 1.00. The second kappa shape index (κ2) is 5.24. The highest BCUT2D eigenvalue weighted by molar-refractivity contribution is 9.09. The SMILES string of the molecule is CCCC(C)[C@H](N)CBr. The Hall–Kier alpha value is 0.440. The number of rotatable bonds is 4. The number of alkyl halides is 1. The summed E-state index contributed by atoms with van der Waals surface area (Å²) in [5.74, 6) is 0.661. The highest BCUT2D eigenvalue weighted by Gasteiger charge is 2.08. The third kappa shape index (κ3) is 3.93. The van der Waals surface area contributed by atoms with Crippen LogP contribution in [-0.4, -0.2) is 11.4 Å². The zero-order valence-corrected chi connectivity index (χ0v) is 7.82. The van der Waals surface area contributed by atoms with Crippen molar-refractivity contribution in [3.63, 3.8) is 0 Å². The summed E-state index contributed by atoms with van der Waals surface area (Å²) in [4.78, 5) is 0. The summed E-state index contributed by atoms with van der Waals surface area (Å²) in [6, 6.07) is 0.338. The van der Waals surface area contributed by atoms with E-state index in [-0.39, 0.29) is 0 Å². The second-order valence-corrected chi connectivity index (χ2v) is 3.23. The van der Waals surface area contributed by atoms with Crippen LogP contribution in [0.1, 0.15) is 26.7 Å². The molecule has 1 unspecified atom stereocenters. The minimum absolute atomic E-state index is 0.338. The Labute approximate surface area is 66.1 Å². The van der Waals surface area contributed by atoms with Crippen molar-refractivity contribution in [2.75, 3.05) is 5.33 Å². The van der Waals surface area contributed by atoms with Crippen LogP contribution in [0.2, 0.25) is 0 Å². The monoisotopic (exact) mass is 193 g/mol. The van der Waals surface area contributed by atoms with E-state index in [0.717, 1.165) is 5.33 Å². The fourth-order valence-corrected chi connectivity index (χ4v) is 1.46. The lowest BCUT2D eigenvalue weighted by atomic mass is 9.99. The number of nitrogens with two attached hydrogens (primary N) is 1. The van der Waals surface area contributed by atoms with Gasteiger partial charge >= 0.3 is 0 Å². The first-order chi connectivity index (χ1) is 4.22. The Bertz CT molecular complexity index is 65.9. The van der Waals surface area contributed by atoms with Gasteiger partial charge in [-0.2, -0.15) is 0 Å². The zero-order chi connectivity index (χ0) is 7.28. The summed E-state index contributed by atoms with van der Waals surface area (Å²) in [5.41, 5.74) is 5.76. The van der Waals surface area contributed by atoms with E-state index in [1.54, 1.807) is 0 Å². The van der Waals surface area contributed by atoms with E-state index >= 15 is 0 Å². The van der Waals surface area contributed by atoms with E-state index in [1.807, 2.05) is 0 Å². The molecule has 1 nitrogen and oxygen atoms in total. The van der Waals surface area contributed by atoms with Crippen LogP contribution < -0.4 is 5.73 Å². The zero-order valence-electron chi connectivity index (χ0n) is 6.23. The van der Waals surface area contributed by atoms with Crippen LogP contribution >= 0.6 is 15.9 Å². The molecule has 0 radical (unpaired) electrons. The van der Waals surface area contributed by atoms with Crippen molar-refractivity contribution in [1.29, 1.82) is 0 Å². The highest BCUT2D eigenvalue weighted by Crippen LogP contribution is 2.09. The van der Waals surface area contributed by atoms with Crippen molar-refractivity contribution in [2.45, 2.75) is 32.7 Å². The lowest BCUT2D eigenvalue weighted by Gasteiger charge is -2.15. The van der Waals surface area contributed by atoms with E-state index in [1.165, 1.54) is 12.8 Å². The molecule has 0 heterocycles. The number of halogens is 1. The Morgan fingerprint density at radius 2 is 2.11 bits per heavy atom. The average molecular weight is 194 g/mol. The maximum atomic E-state index is 5.76. The van der Waals surface area contributed by atoms with Gasteiger partial charge in [-0.25, -0.2) is 0 Å². The van der Waals surface area contributed by atoms with Gasteiger partial charge in [-0.05, 0) is 12.3 Å². The highest BCUT2D eigenvalue weighted by atomic mass is 79.9. The number of hydrogen-bond acceptors (Lipinski definition) is 1. The van der Waals surface area contributed by atoms with Crippen LogP contribution in [0.3, 0.4) is 0 Å². The summed E-state index contributed by atoms with van der Waals surface area (Å²) in [7, 11) is 0. The molecule has 2 N–H and O–H groups in total. The third-order valence-corrected chi connectivity index (χ3v) is 2.40. The largest absolute Gasteiger partial charge is 0.327 e. The molecule has 0 amide bonds. The van der Waals surface area contributed by atoms with Gasteiger partial charge in [-0.3, -0.25) is 0 Å². The Morgan fingerprint density at radius 3 is 2.44 bits per heavy atom. The van der Waals surface area contributed by atoms with Gasteiger partial charge < -0.3 is 5.73 Å². The molecule has 9 heavy (non-hydrogen) atoms. The van der Waals surface area contributed by atoms with Crippen molar-refractivity contribution in [2.24, 2.45) is 11.7 Å². The summed E-state index contributed by atoms with van der Waals surface area (Å²) in [6.45, 7) is 4.40. The predicted octanol–water partition coefficient (Wildman–Crippen LogP) is 2.14. The van der Waals surface area contributed by atoms with Crippen LogP contribution in [0.4, 0.5) is 0 Å². The van der Waals surface area contributed by atoms with Crippen LogP contribution in [0.15, 0.2) is 0 Å². The summed E-state index contributed by atoms with van der Waals surface area (Å²) in [6.07, 6.45) is 2.48. The molecule has 0 aliphatic heterocycles. The Balaban J connectivity index is 3.32. The molecule has 0 aliphatic carbocycles. The molecule has 0 rings (SSSR count). The summed E-state index contributed by atoms with van der Waals surface area (Å²) in [5, 5.41) is 0.925. The normalized spacial score (nSPS) is 17.3. The average Bonchev–Trinajstić information content (AvgIpc) is 1.87. The van der Waals surface area contributed by atoms with E-state index in [9.17, 15) is 0 Å². The van der Waals surface area contributed by atoms with Gasteiger partial charge in [0.25, 0.3) is 0 Å². The molecule has 0 saturated carbocycles. The maximum Gasteiger partial charge on any atom is 0.0186 e. The quantitative estimate of drug-likeness (QED) is 0.681. The minimum Gasteiger partial charge on any atom is -0.327 e. The van der Waals surface area contributed by atoms with Crippen LogP contribution in [0, 0.1) is 5.92 Å². The first kappa shape index (κ1) is 9.44. The summed E-state index contributed by atoms with van der Waals surface area (Å²) >= 11 is 3.36. The molecule has 0 fully saturated rings. The molecule has 2 heteroatoms. The van der Waals surface area contributed by atoms with Crippen molar-refractivity contribution >= 4 is 15.9 Å². The predicted molar refractivity (Wildman–Crippen MR) is 45.8 cm³/mol. The lowest BCUT2D eigenvalue weighted by molar-refractivity contribution is 0.452. The smallest absolute Gasteiger partial charge is 0.0186 e. The van der Waals surface area contributed by atoms with E-state index < -0.39 is 0 Å². The van der Waals surface area contributed by atoms with Gasteiger partial charge in [0.15, 0.2) is 0 Å². The third-order valence-electron chi connectivity index (χ3n) is 1.65. The fourth-order valence-electron chi connectivity index (χ4n) is 0.821. The van der Waals surface area contributed by atoms with E-state index in [4.69, 9.17) is 5.73 Å². The molecule has 0 bridgehead atoms. The van der Waals surface area contributed by atoms with E-state index in [2.05, 4.69) is 29.8 Å². The lowest BCUT2D eigenvalue weighted by Crippen LogP contribution is -2.29. The van der Waals surface area contributed by atoms with Crippen molar-refractivity contribution in [1.82, 2.24) is 0 Å². The van der Waals surface area contributed by atoms with Crippen LogP contribution in [0.25, 0.3) is 0 Å².